The number of nitrogens with zero attached hydrogens (tertiary/aromatic N) is 2. The third kappa shape index (κ3) is 2.72. The van der Waals surface area contributed by atoms with Crippen LogP contribution in [0.15, 0.2) is 0 Å². The van der Waals surface area contributed by atoms with Gasteiger partial charge in [-0.15, -0.1) is 0 Å². The molecule has 1 aromatic rings. The van der Waals surface area contributed by atoms with Crippen molar-refractivity contribution in [3.8, 4) is 0 Å². The molecule has 0 radical (unpaired) electrons. The van der Waals surface area contributed by atoms with E-state index in [1.165, 1.54) is 12.8 Å². The van der Waals surface area contributed by atoms with Gasteiger partial charge in [0.05, 0.1) is 0 Å². The predicted molar refractivity (Wildman–Crippen MR) is 74.5 cm³/mol. The SMILES string of the molecule is CCC(C)(C)Nc1nc(C2CC2)nc(NN)c1C. The first-order valence-corrected chi connectivity index (χ1v) is 6.60. The van der Waals surface area contributed by atoms with Gasteiger partial charge in [0.25, 0.3) is 0 Å². The van der Waals surface area contributed by atoms with Crippen molar-refractivity contribution in [3.05, 3.63) is 11.4 Å². The van der Waals surface area contributed by atoms with Crippen molar-refractivity contribution in [1.82, 2.24) is 9.97 Å². The summed E-state index contributed by atoms with van der Waals surface area (Å²) in [7, 11) is 0. The average Bonchev–Trinajstić information content (AvgIpc) is 3.15. The Morgan fingerprint density at radius 2 is 1.89 bits per heavy atom. The molecule has 1 aliphatic rings. The molecule has 2 rings (SSSR count). The zero-order valence-electron chi connectivity index (χ0n) is 11.7. The van der Waals surface area contributed by atoms with Gasteiger partial charge in [0, 0.05) is 17.0 Å². The first-order chi connectivity index (χ1) is 8.46. The summed E-state index contributed by atoms with van der Waals surface area (Å²) in [5.41, 5.74) is 3.67. The van der Waals surface area contributed by atoms with Crippen LogP contribution in [0.3, 0.4) is 0 Å². The van der Waals surface area contributed by atoms with Crippen molar-refractivity contribution in [1.29, 1.82) is 0 Å². The summed E-state index contributed by atoms with van der Waals surface area (Å²) in [6.07, 6.45) is 3.40. The molecular formula is C13H23N5. The maximum Gasteiger partial charge on any atom is 0.148 e. The molecule has 1 heterocycles. The van der Waals surface area contributed by atoms with Crippen LogP contribution in [-0.2, 0) is 0 Å². The Morgan fingerprint density at radius 3 is 2.39 bits per heavy atom. The van der Waals surface area contributed by atoms with Crippen molar-refractivity contribution in [3.63, 3.8) is 0 Å². The molecule has 18 heavy (non-hydrogen) atoms. The molecule has 5 nitrogen and oxygen atoms in total. The number of hydrogen-bond acceptors (Lipinski definition) is 5. The molecule has 5 heteroatoms. The van der Waals surface area contributed by atoms with Crippen LogP contribution in [0, 0.1) is 6.92 Å². The van der Waals surface area contributed by atoms with Gasteiger partial charge in [0.2, 0.25) is 0 Å². The highest BCUT2D eigenvalue weighted by Gasteiger charge is 2.29. The largest absolute Gasteiger partial charge is 0.365 e. The molecule has 1 aromatic heterocycles. The van der Waals surface area contributed by atoms with Gasteiger partial charge >= 0.3 is 0 Å². The highest BCUT2D eigenvalue weighted by atomic mass is 15.3. The lowest BCUT2D eigenvalue weighted by Gasteiger charge is -2.26. The van der Waals surface area contributed by atoms with Crippen LogP contribution in [-0.4, -0.2) is 15.5 Å². The van der Waals surface area contributed by atoms with Gasteiger partial charge in [0.15, 0.2) is 0 Å². The van der Waals surface area contributed by atoms with E-state index in [0.29, 0.717) is 5.92 Å². The topological polar surface area (TPSA) is 75.9 Å². The zero-order valence-corrected chi connectivity index (χ0v) is 11.7. The molecule has 0 atom stereocenters. The molecule has 0 unspecified atom stereocenters. The minimum atomic E-state index is 0.0196. The summed E-state index contributed by atoms with van der Waals surface area (Å²) in [6.45, 7) is 8.48. The monoisotopic (exact) mass is 249 g/mol. The number of anilines is 2. The van der Waals surface area contributed by atoms with Crippen molar-refractivity contribution in [2.24, 2.45) is 5.84 Å². The quantitative estimate of drug-likeness (QED) is 0.552. The van der Waals surface area contributed by atoms with Crippen LogP contribution in [0.25, 0.3) is 0 Å². The normalized spacial score (nSPS) is 15.6. The summed E-state index contributed by atoms with van der Waals surface area (Å²) in [5.74, 6) is 8.58. The van der Waals surface area contributed by atoms with Gasteiger partial charge < -0.3 is 10.7 Å². The lowest BCUT2D eigenvalue weighted by Crippen LogP contribution is -2.31. The molecular weight excluding hydrogens is 226 g/mol. The van der Waals surface area contributed by atoms with Gasteiger partial charge in [-0.25, -0.2) is 15.8 Å². The van der Waals surface area contributed by atoms with Gasteiger partial charge in [-0.05, 0) is 40.0 Å². The Hall–Kier alpha value is -1.36. The van der Waals surface area contributed by atoms with Gasteiger partial charge in [-0.3, -0.25) is 0 Å². The van der Waals surface area contributed by atoms with E-state index in [1.807, 2.05) is 6.92 Å². The van der Waals surface area contributed by atoms with E-state index in [-0.39, 0.29) is 5.54 Å². The number of nitrogens with two attached hydrogens (primary N) is 1. The second kappa shape index (κ2) is 4.72. The third-order valence-corrected chi connectivity index (χ3v) is 3.58. The molecule has 0 aromatic carbocycles. The molecule has 0 aliphatic heterocycles. The van der Waals surface area contributed by atoms with Crippen LogP contribution in [0.5, 0.6) is 0 Å². The smallest absolute Gasteiger partial charge is 0.148 e. The highest BCUT2D eigenvalue weighted by molar-refractivity contribution is 5.58. The van der Waals surface area contributed by atoms with Crippen molar-refractivity contribution >= 4 is 11.6 Å². The second-order valence-electron chi connectivity index (χ2n) is 5.69. The first kappa shape index (κ1) is 13.1. The zero-order chi connectivity index (χ0) is 13.3. The number of aromatic nitrogens is 2. The molecule has 1 aliphatic carbocycles. The molecule has 1 saturated carbocycles. The fourth-order valence-corrected chi connectivity index (χ4v) is 1.73. The van der Waals surface area contributed by atoms with E-state index in [0.717, 1.165) is 29.4 Å². The Morgan fingerprint density at radius 1 is 1.28 bits per heavy atom. The minimum absolute atomic E-state index is 0.0196. The van der Waals surface area contributed by atoms with Gasteiger partial charge in [-0.1, -0.05) is 6.92 Å². The third-order valence-electron chi connectivity index (χ3n) is 3.58. The maximum atomic E-state index is 5.54. The van der Waals surface area contributed by atoms with Crippen LogP contribution in [0.2, 0.25) is 0 Å². The molecule has 100 valence electrons. The number of nitrogens with one attached hydrogen (secondary N) is 2. The van der Waals surface area contributed by atoms with E-state index in [2.05, 4.69) is 41.5 Å². The first-order valence-electron chi connectivity index (χ1n) is 6.60. The molecule has 0 bridgehead atoms. The number of rotatable bonds is 5. The summed E-state index contributed by atoms with van der Waals surface area (Å²) < 4.78 is 0. The Balaban J connectivity index is 2.35. The van der Waals surface area contributed by atoms with Crippen LogP contribution < -0.4 is 16.6 Å². The Bertz CT molecular complexity index is 437. The lowest BCUT2D eigenvalue weighted by molar-refractivity contribution is 0.543. The Kier molecular flexibility index (Phi) is 3.43. The number of hydrazine groups is 1. The van der Waals surface area contributed by atoms with Crippen molar-refractivity contribution in [2.45, 2.75) is 58.4 Å². The van der Waals surface area contributed by atoms with Crippen LogP contribution >= 0.6 is 0 Å². The molecule has 0 amide bonds. The van der Waals surface area contributed by atoms with E-state index in [9.17, 15) is 0 Å². The van der Waals surface area contributed by atoms with Crippen LogP contribution in [0.1, 0.15) is 57.3 Å². The maximum absolute atomic E-state index is 5.54. The summed E-state index contributed by atoms with van der Waals surface area (Å²) >= 11 is 0. The summed E-state index contributed by atoms with van der Waals surface area (Å²) in [6, 6.07) is 0. The van der Waals surface area contributed by atoms with E-state index < -0.39 is 0 Å². The van der Waals surface area contributed by atoms with E-state index in [4.69, 9.17) is 5.84 Å². The molecule has 1 fully saturated rings. The number of hydrogen-bond donors (Lipinski definition) is 3. The van der Waals surface area contributed by atoms with Crippen molar-refractivity contribution < 1.29 is 0 Å². The highest BCUT2D eigenvalue weighted by Crippen LogP contribution is 2.39. The molecule has 0 spiro atoms. The fourth-order valence-electron chi connectivity index (χ4n) is 1.73. The van der Waals surface area contributed by atoms with Crippen LogP contribution in [0.4, 0.5) is 11.6 Å². The minimum Gasteiger partial charge on any atom is -0.365 e. The Labute approximate surface area is 109 Å². The summed E-state index contributed by atoms with van der Waals surface area (Å²) in [4.78, 5) is 9.14. The molecule has 0 saturated heterocycles. The van der Waals surface area contributed by atoms with Crippen molar-refractivity contribution in [2.75, 3.05) is 10.7 Å². The lowest BCUT2D eigenvalue weighted by atomic mass is 10.0. The second-order valence-corrected chi connectivity index (χ2v) is 5.69. The van der Waals surface area contributed by atoms with E-state index in [1.54, 1.807) is 0 Å². The summed E-state index contributed by atoms with van der Waals surface area (Å²) in [5, 5.41) is 3.49. The van der Waals surface area contributed by atoms with E-state index >= 15 is 0 Å². The van der Waals surface area contributed by atoms with Gasteiger partial charge in [0.1, 0.15) is 17.5 Å². The predicted octanol–water partition coefficient (Wildman–Crippen LogP) is 2.55. The number of nitrogen functional groups attached to an aromatic ring is 1. The fraction of sp³-hybridized carbons (Fsp3) is 0.692. The average molecular weight is 249 g/mol. The van der Waals surface area contributed by atoms with Gasteiger partial charge in [-0.2, -0.15) is 0 Å². The molecule has 4 N–H and O–H groups in total. The standard InChI is InChI=1S/C13H23N5/c1-5-13(3,4)17-10-8(2)11(18-14)16-12(15-10)9-6-7-9/h9H,5-7,14H2,1-4H3,(H2,15,16,17,18).